The highest BCUT2D eigenvalue weighted by atomic mass is 32.3. The van der Waals surface area contributed by atoms with Gasteiger partial charge in [-0.3, -0.25) is 14.1 Å². The molecular weight excluding hydrogens is 773 g/mol. The van der Waals surface area contributed by atoms with Crippen molar-refractivity contribution in [2.45, 2.75) is 37.7 Å². The third kappa shape index (κ3) is 12.1. The largest absolute Gasteiger partial charge is 0.542 e. The van der Waals surface area contributed by atoms with E-state index in [0.717, 1.165) is 34.3 Å². The van der Waals surface area contributed by atoms with E-state index in [-0.39, 0.29) is 10.8 Å². The molecule has 1 aromatic carbocycles. The molecule has 2 aromatic heterocycles. The number of thiazole rings is 1. The molecule has 1 aliphatic heterocycles. The summed E-state index contributed by atoms with van der Waals surface area (Å²) in [7, 11) is 1.27. The van der Waals surface area contributed by atoms with E-state index in [0.29, 0.717) is 22.1 Å². The maximum absolute atomic E-state index is 13.2. The van der Waals surface area contributed by atoms with Crippen molar-refractivity contribution in [2.75, 3.05) is 51.9 Å². The van der Waals surface area contributed by atoms with E-state index < -0.39 is 70.3 Å². The van der Waals surface area contributed by atoms with Crippen LogP contribution in [0.15, 0.2) is 40.9 Å². The number of benzene rings is 1. The number of pyridine rings is 1. The third-order valence-electron chi connectivity index (χ3n) is 7.03. The SMILES string of the molecule is CC1(C)[C@H](NC(=O)/C(=N\O[C@@H](COc2ccc3nc(NCC[N+](C)(C)C)ccc3c2)C(=O)O)c2csc(N)n2)C(=O)N1OS(=O)(=O)O.O=C([O-])C(F)(F)F. The Hall–Kier alpha value is -5.37. The molecule has 296 valence electrons. The lowest BCUT2D eigenvalue weighted by atomic mass is 9.84. The fraction of sp³-hybridized carbons (Fsp3) is 0.414. The number of carboxylic acids is 2. The quantitative estimate of drug-likeness (QED) is 0.0436. The number of aliphatic carboxylic acids is 2. The van der Waals surface area contributed by atoms with Crippen LogP contribution in [-0.2, 0) is 38.7 Å². The van der Waals surface area contributed by atoms with E-state index in [1.807, 2.05) is 12.1 Å². The van der Waals surface area contributed by atoms with Crippen molar-refractivity contribution in [1.29, 1.82) is 0 Å². The lowest BCUT2D eigenvalue weighted by Gasteiger charge is -2.50. The van der Waals surface area contributed by atoms with Crippen molar-refractivity contribution < 1.29 is 73.9 Å². The molecular formula is C29H35F3N8O12S2. The Labute approximate surface area is 308 Å². The number of carbonyl (C=O) groups excluding carboxylic acids is 3. The number of β-lactam (4-membered cyclic amide) rings is 1. The Balaban J connectivity index is 0.00000102. The molecule has 2 amide bonds. The molecule has 1 aliphatic rings. The standard InChI is InChI=1S/C27H34N8O10S2.C2HF3O2/c1-27(2)22(24(37)34(27)45-47(40,41)42)32-23(36)21(18-14-46-26(28)31-18)33-44-19(25(38)39)13-43-16-7-8-17-15(12-16)6-9-20(30-17)29-10-11-35(3,4)5;3-2(4,5)1(6)7/h6-9,12,14,19,22H,10-11,13H2,1-5H3,(H5-,28,29,30,31,32,36,38,39,40,41,42);(H,6,7)/b33-21-;/t19-,22+;/m0./s1. The summed E-state index contributed by atoms with van der Waals surface area (Å²) in [5, 5.41) is 30.5. The van der Waals surface area contributed by atoms with E-state index in [2.05, 4.69) is 51.2 Å². The van der Waals surface area contributed by atoms with Gasteiger partial charge >= 0.3 is 22.5 Å². The lowest BCUT2D eigenvalue weighted by Crippen LogP contribution is -2.76. The second kappa shape index (κ2) is 16.8. The number of nitrogen functional groups attached to an aromatic ring is 1. The maximum atomic E-state index is 13.2. The van der Waals surface area contributed by atoms with E-state index >= 15 is 0 Å². The van der Waals surface area contributed by atoms with Gasteiger partial charge in [0.2, 0.25) is 0 Å². The van der Waals surface area contributed by atoms with Crippen LogP contribution in [0.2, 0.25) is 0 Å². The van der Waals surface area contributed by atoms with Crippen LogP contribution in [0, 0.1) is 0 Å². The topological polar surface area (TPSA) is 285 Å². The minimum atomic E-state index is -5.19. The Kier molecular flexibility index (Phi) is 13.4. The molecule has 0 bridgehead atoms. The zero-order valence-corrected chi connectivity index (χ0v) is 30.6. The molecule has 25 heteroatoms. The molecule has 0 spiro atoms. The normalized spacial score (nSPS) is 16.4. The summed E-state index contributed by atoms with van der Waals surface area (Å²) in [6.07, 6.45) is -6.88. The number of anilines is 2. The Bertz CT molecular complexity index is 2020. The number of hydroxylamine groups is 2. The minimum Gasteiger partial charge on any atom is -0.542 e. The van der Waals surface area contributed by atoms with Crippen LogP contribution in [0.1, 0.15) is 19.5 Å². The second-order valence-corrected chi connectivity index (χ2v) is 14.6. The Morgan fingerprint density at radius 2 is 1.83 bits per heavy atom. The first-order chi connectivity index (χ1) is 24.8. The van der Waals surface area contributed by atoms with E-state index in [1.165, 1.54) is 19.2 Å². The number of likely N-dealkylation sites (N-methyl/N-ethyl adjacent to an activating group) is 1. The predicted molar refractivity (Wildman–Crippen MR) is 181 cm³/mol. The summed E-state index contributed by atoms with van der Waals surface area (Å²) in [5.41, 5.74) is 4.36. The minimum absolute atomic E-state index is 0.0595. The van der Waals surface area contributed by atoms with Crippen molar-refractivity contribution in [3.8, 4) is 5.75 Å². The molecule has 20 nitrogen and oxygen atoms in total. The number of alkyl halides is 3. The van der Waals surface area contributed by atoms with E-state index in [9.17, 15) is 41.1 Å². The molecule has 0 aliphatic carbocycles. The molecule has 54 heavy (non-hydrogen) atoms. The van der Waals surface area contributed by atoms with Crippen molar-refractivity contribution in [3.63, 3.8) is 0 Å². The fourth-order valence-electron chi connectivity index (χ4n) is 4.27. The van der Waals surface area contributed by atoms with Crippen LogP contribution in [-0.4, -0.2) is 132 Å². The van der Waals surface area contributed by atoms with Crippen LogP contribution >= 0.6 is 11.3 Å². The summed E-state index contributed by atoms with van der Waals surface area (Å²) in [5.74, 6) is -5.43. The average molecular weight is 809 g/mol. The first-order valence-corrected chi connectivity index (χ1v) is 17.4. The summed E-state index contributed by atoms with van der Waals surface area (Å²) in [6.45, 7) is 3.86. The van der Waals surface area contributed by atoms with Crippen LogP contribution in [0.25, 0.3) is 10.9 Å². The highest BCUT2D eigenvalue weighted by Gasteiger charge is 2.58. The number of carbonyl (C=O) groups is 4. The highest BCUT2D eigenvalue weighted by molar-refractivity contribution is 7.80. The molecule has 3 aromatic rings. The fourth-order valence-corrected chi connectivity index (χ4v) is 5.27. The van der Waals surface area contributed by atoms with Gasteiger partial charge in [0.25, 0.3) is 17.9 Å². The van der Waals surface area contributed by atoms with Gasteiger partial charge in [-0.25, -0.2) is 14.8 Å². The number of hydrogen-bond donors (Lipinski definition) is 5. The summed E-state index contributed by atoms with van der Waals surface area (Å²) < 4.78 is 73.4. The van der Waals surface area contributed by atoms with Crippen molar-refractivity contribution in [2.24, 2.45) is 5.16 Å². The first-order valence-electron chi connectivity index (χ1n) is 15.1. The van der Waals surface area contributed by atoms with Crippen LogP contribution in [0.3, 0.4) is 0 Å². The number of carboxylic acid groups (broad SMARTS) is 2. The van der Waals surface area contributed by atoms with Gasteiger partial charge in [0, 0.05) is 10.8 Å². The van der Waals surface area contributed by atoms with E-state index in [4.69, 9.17) is 29.8 Å². The van der Waals surface area contributed by atoms with Crippen molar-refractivity contribution in [3.05, 3.63) is 41.4 Å². The number of rotatable bonds is 15. The molecule has 0 radical (unpaired) electrons. The zero-order chi connectivity index (χ0) is 40.8. The maximum Gasteiger partial charge on any atom is 0.430 e. The predicted octanol–water partition coefficient (Wildman–Crippen LogP) is -0.217. The van der Waals surface area contributed by atoms with Gasteiger partial charge in [-0.2, -0.15) is 26.7 Å². The van der Waals surface area contributed by atoms with Crippen molar-refractivity contribution >= 4 is 73.1 Å². The number of fused-ring (bicyclic) bond motifs is 1. The zero-order valence-electron chi connectivity index (χ0n) is 29.0. The number of nitrogens with one attached hydrogen (secondary N) is 2. The van der Waals surface area contributed by atoms with Gasteiger partial charge in [0.1, 0.15) is 35.9 Å². The number of quaternary nitrogens is 1. The van der Waals surface area contributed by atoms with Gasteiger partial charge in [-0.05, 0) is 44.2 Å². The van der Waals surface area contributed by atoms with Gasteiger partial charge in [0.15, 0.2) is 10.8 Å². The van der Waals surface area contributed by atoms with Gasteiger partial charge in [-0.1, -0.05) is 5.16 Å². The molecule has 0 saturated carbocycles. The number of nitrogens with zero attached hydrogens (tertiary/aromatic N) is 5. The van der Waals surface area contributed by atoms with Gasteiger partial charge in [-0.15, -0.1) is 15.6 Å². The van der Waals surface area contributed by atoms with Gasteiger partial charge in [0.05, 0.1) is 45.3 Å². The smallest absolute Gasteiger partial charge is 0.430 e. The number of oxime groups is 1. The Morgan fingerprint density at radius 3 is 2.35 bits per heavy atom. The summed E-state index contributed by atoms with van der Waals surface area (Å²) >= 11 is 0.960. The number of hydrogen-bond acceptors (Lipinski definition) is 16. The molecule has 2 atom stereocenters. The molecule has 3 heterocycles. The monoisotopic (exact) mass is 808 g/mol. The first kappa shape index (κ1) is 43.0. The summed E-state index contributed by atoms with van der Waals surface area (Å²) in [4.78, 5) is 60.3. The number of ether oxygens (including phenoxy) is 1. The third-order valence-corrected chi connectivity index (χ3v) is 8.04. The summed E-state index contributed by atoms with van der Waals surface area (Å²) in [6, 6.07) is 7.39. The number of amides is 2. The van der Waals surface area contributed by atoms with E-state index in [1.54, 1.807) is 18.2 Å². The number of aromatic nitrogens is 2. The highest BCUT2D eigenvalue weighted by Crippen LogP contribution is 2.33. The van der Waals surface area contributed by atoms with Crippen LogP contribution in [0.4, 0.5) is 24.1 Å². The molecule has 6 N–H and O–H groups in total. The number of halogens is 3. The Morgan fingerprint density at radius 1 is 1.19 bits per heavy atom. The molecule has 1 fully saturated rings. The van der Waals surface area contributed by atoms with Crippen molar-refractivity contribution in [1.82, 2.24) is 20.3 Å². The molecule has 4 rings (SSSR count). The van der Waals surface area contributed by atoms with Crippen LogP contribution in [0.5, 0.6) is 5.75 Å². The molecule has 0 unspecified atom stereocenters. The van der Waals surface area contributed by atoms with Crippen LogP contribution < -0.4 is 26.2 Å². The molecule has 1 saturated heterocycles. The second-order valence-electron chi connectivity index (χ2n) is 12.7. The number of nitrogens with two attached hydrogens (primary N) is 1. The average Bonchev–Trinajstić information content (AvgIpc) is 3.47. The van der Waals surface area contributed by atoms with Gasteiger partial charge < -0.3 is 45.4 Å². The lowest BCUT2D eigenvalue weighted by molar-refractivity contribution is -0.868.